The summed E-state index contributed by atoms with van der Waals surface area (Å²) < 4.78 is 29.0. The number of hydrogen-bond donors (Lipinski definition) is 2. The number of carbonyl (C=O) groups excluding carboxylic acids is 2. The molecule has 1 fully saturated rings. The lowest BCUT2D eigenvalue weighted by atomic mass is 10.0. The molecule has 1 aliphatic heterocycles. The van der Waals surface area contributed by atoms with Crippen molar-refractivity contribution in [3.8, 4) is 0 Å². The lowest BCUT2D eigenvalue weighted by Gasteiger charge is -2.31. The van der Waals surface area contributed by atoms with Gasteiger partial charge in [0.25, 0.3) is 5.91 Å². The van der Waals surface area contributed by atoms with Crippen molar-refractivity contribution >= 4 is 17.6 Å². The molecule has 2 heterocycles. The minimum absolute atomic E-state index is 0.177. The van der Waals surface area contributed by atoms with Gasteiger partial charge in [-0.15, -0.1) is 0 Å². The van der Waals surface area contributed by atoms with E-state index >= 15 is 0 Å². The van der Waals surface area contributed by atoms with Gasteiger partial charge in [0.2, 0.25) is 5.91 Å². The zero-order valence-electron chi connectivity index (χ0n) is 20.5. The van der Waals surface area contributed by atoms with Crippen LogP contribution in [0.15, 0.2) is 61.1 Å². The van der Waals surface area contributed by atoms with E-state index in [4.69, 9.17) is 0 Å². The van der Waals surface area contributed by atoms with E-state index in [2.05, 4.69) is 34.4 Å². The van der Waals surface area contributed by atoms with Crippen molar-refractivity contribution in [1.82, 2.24) is 19.8 Å². The van der Waals surface area contributed by atoms with E-state index in [1.807, 2.05) is 4.57 Å². The highest BCUT2D eigenvalue weighted by molar-refractivity contribution is 5.97. The van der Waals surface area contributed by atoms with Crippen molar-refractivity contribution < 1.29 is 18.4 Å². The van der Waals surface area contributed by atoms with Gasteiger partial charge in [0.05, 0.1) is 18.3 Å². The normalized spacial score (nSPS) is 15.0. The van der Waals surface area contributed by atoms with E-state index in [1.54, 1.807) is 42.9 Å². The van der Waals surface area contributed by atoms with E-state index in [0.717, 1.165) is 37.8 Å². The molecule has 1 atom stereocenters. The van der Waals surface area contributed by atoms with Crippen molar-refractivity contribution in [2.45, 2.75) is 44.7 Å². The Hall–Kier alpha value is -3.59. The van der Waals surface area contributed by atoms with E-state index < -0.39 is 29.5 Å². The molecule has 0 bridgehead atoms. The lowest BCUT2D eigenvalue weighted by Crippen LogP contribution is -2.39. The lowest BCUT2D eigenvalue weighted by molar-refractivity contribution is -0.126. The molecule has 190 valence electrons. The van der Waals surface area contributed by atoms with Gasteiger partial charge in [-0.25, -0.2) is 13.8 Å². The van der Waals surface area contributed by atoms with Gasteiger partial charge in [-0.05, 0) is 63.0 Å². The van der Waals surface area contributed by atoms with Crippen molar-refractivity contribution in [1.29, 1.82) is 0 Å². The first kappa shape index (κ1) is 25.5. The van der Waals surface area contributed by atoms with Crippen LogP contribution in [0, 0.1) is 11.6 Å². The number of rotatable bonds is 9. The van der Waals surface area contributed by atoms with Gasteiger partial charge in [-0.3, -0.25) is 9.59 Å². The number of imidazole rings is 1. The highest BCUT2D eigenvalue weighted by atomic mass is 19.1. The Morgan fingerprint density at radius 3 is 2.39 bits per heavy atom. The summed E-state index contributed by atoms with van der Waals surface area (Å²) >= 11 is 0. The van der Waals surface area contributed by atoms with Crippen molar-refractivity contribution in [2.75, 3.05) is 25.0 Å². The van der Waals surface area contributed by atoms with Crippen LogP contribution in [0.3, 0.4) is 0 Å². The molecule has 0 aliphatic carbocycles. The number of nitrogens with one attached hydrogen (secondary N) is 2. The van der Waals surface area contributed by atoms with E-state index in [1.165, 1.54) is 12.8 Å². The average Bonchev–Trinajstić information content (AvgIpc) is 3.49. The minimum Gasteiger partial charge on any atom is -0.340 e. The molecule has 0 spiro atoms. The predicted molar refractivity (Wildman–Crippen MR) is 133 cm³/mol. The maximum atomic E-state index is 13.5. The van der Waals surface area contributed by atoms with Crippen LogP contribution in [0.2, 0.25) is 0 Å². The van der Waals surface area contributed by atoms with Crippen molar-refractivity contribution in [3.05, 3.63) is 83.8 Å². The molecule has 2 N–H and O–H groups in total. The second-order valence-electron chi connectivity index (χ2n) is 9.82. The number of amides is 2. The predicted octanol–water partition coefficient (Wildman–Crippen LogP) is 4.03. The summed E-state index contributed by atoms with van der Waals surface area (Å²) in [4.78, 5) is 32.7. The van der Waals surface area contributed by atoms with Gasteiger partial charge in [0, 0.05) is 18.8 Å². The zero-order chi connectivity index (χ0) is 25.7. The van der Waals surface area contributed by atoms with E-state index in [-0.39, 0.29) is 17.5 Å². The summed E-state index contributed by atoms with van der Waals surface area (Å²) in [7, 11) is 0. The van der Waals surface area contributed by atoms with Crippen molar-refractivity contribution in [2.24, 2.45) is 0 Å². The van der Waals surface area contributed by atoms with Gasteiger partial charge in [0.1, 0.15) is 17.7 Å². The Bertz CT molecular complexity index is 1190. The first-order valence-electron chi connectivity index (χ1n) is 12.1. The Kier molecular flexibility index (Phi) is 7.79. The summed E-state index contributed by atoms with van der Waals surface area (Å²) in [6.45, 7) is 7.30. The number of anilines is 1. The second kappa shape index (κ2) is 11.0. The first-order chi connectivity index (χ1) is 17.2. The number of hydrogen-bond acceptors (Lipinski definition) is 4. The van der Waals surface area contributed by atoms with E-state index in [9.17, 15) is 18.4 Å². The number of carbonyl (C=O) groups is 2. The van der Waals surface area contributed by atoms with Crippen molar-refractivity contribution in [3.63, 3.8) is 0 Å². The molecule has 36 heavy (non-hydrogen) atoms. The van der Waals surface area contributed by atoms with Crippen LogP contribution in [0.25, 0.3) is 0 Å². The van der Waals surface area contributed by atoms with Crippen LogP contribution >= 0.6 is 0 Å². The molecule has 9 heteroatoms. The first-order valence-corrected chi connectivity index (χ1v) is 12.1. The highest BCUT2D eigenvalue weighted by Crippen LogP contribution is 2.22. The Labute approximate surface area is 209 Å². The quantitative estimate of drug-likeness (QED) is 0.470. The Balaban J connectivity index is 1.46. The number of nitrogens with zero attached hydrogens (tertiary/aromatic N) is 3. The number of halogens is 2. The fourth-order valence-corrected chi connectivity index (χ4v) is 4.54. The number of aromatic nitrogens is 2. The summed E-state index contributed by atoms with van der Waals surface area (Å²) in [6.07, 6.45) is 5.63. The van der Waals surface area contributed by atoms with Crippen LogP contribution in [0.1, 0.15) is 43.9 Å². The molecular formula is C27H31F2N5O2. The fourth-order valence-electron chi connectivity index (χ4n) is 4.54. The van der Waals surface area contributed by atoms with Crippen LogP contribution in [-0.4, -0.2) is 45.9 Å². The summed E-state index contributed by atoms with van der Waals surface area (Å²) in [5.41, 5.74) is 0.534. The van der Waals surface area contributed by atoms with Gasteiger partial charge in [-0.1, -0.05) is 30.3 Å². The van der Waals surface area contributed by atoms with Crippen LogP contribution in [0.5, 0.6) is 0 Å². The van der Waals surface area contributed by atoms with Crippen LogP contribution in [-0.2, 0) is 21.5 Å². The monoisotopic (exact) mass is 495 g/mol. The summed E-state index contributed by atoms with van der Waals surface area (Å²) in [5, 5.41) is 5.48. The molecule has 2 amide bonds. The standard InChI is InChI=1S/C27H31F2N5O2/c1-27(2,17-33-10-6-7-11-33)34-16-23(30-18-34)31-26(36)25(20-8-4-3-5-9-20)32-24(35)14-19-12-21(28)15-22(29)13-19/h3-5,8-9,12-13,15-16,18,25H,6-7,10-11,14,17H2,1-2H3,(H,31,36)(H,32,35)/t25-/m0/s1. The molecule has 1 aromatic heterocycles. The molecule has 0 unspecified atom stereocenters. The maximum absolute atomic E-state index is 13.5. The SMILES string of the molecule is CC(C)(CN1CCCC1)n1cnc(NC(=O)[C@@H](NC(=O)Cc2cc(F)cc(F)c2)c2ccccc2)c1. The highest BCUT2D eigenvalue weighted by Gasteiger charge is 2.27. The second-order valence-corrected chi connectivity index (χ2v) is 9.82. The fraction of sp³-hybridized carbons (Fsp3) is 0.370. The minimum atomic E-state index is -1.01. The zero-order valence-corrected chi connectivity index (χ0v) is 20.5. The number of benzene rings is 2. The molecule has 0 saturated carbocycles. The average molecular weight is 496 g/mol. The Morgan fingerprint density at radius 1 is 1.06 bits per heavy atom. The third-order valence-corrected chi connectivity index (χ3v) is 6.33. The topological polar surface area (TPSA) is 79.3 Å². The van der Waals surface area contributed by atoms with Crippen LogP contribution < -0.4 is 10.6 Å². The molecule has 2 aromatic carbocycles. The molecule has 1 aliphatic rings. The number of likely N-dealkylation sites (tertiary alicyclic amines) is 1. The van der Waals surface area contributed by atoms with Gasteiger partial charge in [0.15, 0.2) is 5.82 Å². The molecular weight excluding hydrogens is 464 g/mol. The summed E-state index contributed by atoms with van der Waals surface area (Å²) in [5.74, 6) is -2.17. The van der Waals surface area contributed by atoms with Crippen LogP contribution in [0.4, 0.5) is 14.6 Å². The van der Waals surface area contributed by atoms with Gasteiger partial charge in [-0.2, -0.15) is 0 Å². The van der Waals surface area contributed by atoms with Gasteiger partial charge < -0.3 is 20.1 Å². The molecule has 3 aromatic rings. The molecule has 7 nitrogen and oxygen atoms in total. The van der Waals surface area contributed by atoms with Gasteiger partial charge >= 0.3 is 0 Å². The Morgan fingerprint density at radius 2 is 1.72 bits per heavy atom. The molecule has 4 rings (SSSR count). The smallest absolute Gasteiger partial charge is 0.252 e. The summed E-state index contributed by atoms with van der Waals surface area (Å²) in [6, 6.07) is 10.7. The third kappa shape index (κ3) is 6.54. The molecule has 0 radical (unpaired) electrons. The third-order valence-electron chi connectivity index (χ3n) is 6.33. The maximum Gasteiger partial charge on any atom is 0.252 e. The largest absolute Gasteiger partial charge is 0.340 e. The van der Waals surface area contributed by atoms with E-state index in [0.29, 0.717) is 11.4 Å². The molecule has 1 saturated heterocycles.